The van der Waals surface area contributed by atoms with E-state index in [0.29, 0.717) is 5.75 Å². The SMILES string of the molecule is COc1ccc(N2C(=O)C(Cl)=C(Nc3cccc(C(F)(F)F)c3)C2=O)cc1. The van der Waals surface area contributed by atoms with Gasteiger partial charge in [0.25, 0.3) is 11.8 Å². The van der Waals surface area contributed by atoms with Crippen molar-refractivity contribution in [3.05, 3.63) is 64.8 Å². The summed E-state index contributed by atoms with van der Waals surface area (Å²) >= 11 is 5.96. The molecule has 27 heavy (non-hydrogen) atoms. The zero-order chi connectivity index (χ0) is 19.8. The Bertz CT molecular complexity index is 940. The van der Waals surface area contributed by atoms with Crippen molar-refractivity contribution in [1.29, 1.82) is 0 Å². The number of amides is 2. The summed E-state index contributed by atoms with van der Waals surface area (Å²) < 4.78 is 43.5. The second-order valence-corrected chi connectivity index (χ2v) is 5.91. The molecule has 140 valence electrons. The average molecular weight is 397 g/mol. The van der Waals surface area contributed by atoms with Crippen molar-refractivity contribution >= 4 is 34.8 Å². The third kappa shape index (κ3) is 3.61. The largest absolute Gasteiger partial charge is 0.497 e. The van der Waals surface area contributed by atoms with Gasteiger partial charge in [0.15, 0.2) is 0 Å². The van der Waals surface area contributed by atoms with E-state index in [0.717, 1.165) is 17.0 Å². The zero-order valence-corrected chi connectivity index (χ0v) is 14.6. The molecule has 2 aromatic rings. The van der Waals surface area contributed by atoms with E-state index >= 15 is 0 Å². The first-order valence-electron chi connectivity index (χ1n) is 7.59. The Labute approximate surface area is 157 Å². The lowest BCUT2D eigenvalue weighted by atomic mass is 10.2. The van der Waals surface area contributed by atoms with Crippen molar-refractivity contribution in [3.8, 4) is 5.75 Å². The molecule has 0 unspecified atom stereocenters. The maximum absolute atomic E-state index is 12.8. The highest BCUT2D eigenvalue weighted by Crippen LogP contribution is 2.33. The third-order valence-electron chi connectivity index (χ3n) is 3.82. The molecule has 5 nitrogen and oxygen atoms in total. The van der Waals surface area contributed by atoms with Crippen LogP contribution in [0, 0.1) is 0 Å². The Morgan fingerprint density at radius 1 is 1.04 bits per heavy atom. The predicted molar refractivity (Wildman–Crippen MR) is 93.4 cm³/mol. The van der Waals surface area contributed by atoms with Crippen LogP contribution in [0.2, 0.25) is 0 Å². The number of halogens is 4. The molecule has 0 aliphatic carbocycles. The molecule has 9 heteroatoms. The molecule has 2 amide bonds. The van der Waals surface area contributed by atoms with Gasteiger partial charge in [-0.1, -0.05) is 17.7 Å². The smallest absolute Gasteiger partial charge is 0.416 e. The number of rotatable bonds is 4. The molecule has 0 bridgehead atoms. The minimum Gasteiger partial charge on any atom is -0.497 e. The molecule has 1 N–H and O–H groups in total. The van der Waals surface area contributed by atoms with Gasteiger partial charge < -0.3 is 10.1 Å². The number of carbonyl (C=O) groups is 2. The number of carbonyl (C=O) groups excluding carboxylic acids is 2. The van der Waals surface area contributed by atoms with Gasteiger partial charge in [-0.3, -0.25) is 9.59 Å². The maximum Gasteiger partial charge on any atom is 0.416 e. The van der Waals surface area contributed by atoms with E-state index in [9.17, 15) is 22.8 Å². The molecule has 0 fully saturated rings. The number of imide groups is 1. The first-order chi connectivity index (χ1) is 12.7. The third-order valence-corrected chi connectivity index (χ3v) is 4.17. The minimum absolute atomic E-state index is 0.0179. The zero-order valence-electron chi connectivity index (χ0n) is 13.8. The quantitative estimate of drug-likeness (QED) is 0.789. The summed E-state index contributed by atoms with van der Waals surface area (Å²) in [6.45, 7) is 0. The van der Waals surface area contributed by atoms with Gasteiger partial charge >= 0.3 is 6.18 Å². The molecule has 0 radical (unpaired) electrons. The second-order valence-electron chi connectivity index (χ2n) is 5.54. The number of nitrogens with one attached hydrogen (secondary N) is 1. The summed E-state index contributed by atoms with van der Waals surface area (Å²) in [5, 5.41) is 2.11. The topological polar surface area (TPSA) is 58.6 Å². The molecule has 3 rings (SSSR count). The summed E-state index contributed by atoms with van der Waals surface area (Å²) in [7, 11) is 1.47. The molecule has 0 spiro atoms. The van der Waals surface area contributed by atoms with Crippen molar-refractivity contribution in [1.82, 2.24) is 0 Å². The van der Waals surface area contributed by atoms with Gasteiger partial charge in [-0.05, 0) is 42.5 Å². The van der Waals surface area contributed by atoms with E-state index in [-0.39, 0.29) is 17.1 Å². The van der Waals surface area contributed by atoms with Crippen LogP contribution in [0.25, 0.3) is 0 Å². The summed E-state index contributed by atoms with van der Waals surface area (Å²) in [4.78, 5) is 25.8. The van der Waals surface area contributed by atoms with E-state index in [4.69, 9.17) is 16.3 Å². The Kier molecular flexibility index (Phi) is 4.84. The van der Waals surface area contributed by atoms with Gasteiger partial charge in [0.2, 0.25) is 0 Å². The van der Waals surface area contributed by atoms with Crippen molar-refractivity contribution < 1.29 is 27.5 Å². The molecule has 0 saturated heterocycles. The van der Waals surface area contributed by atoms with E-state index in [1.165, 1.54) is 31.4 Å². The highest BCUT2D eigenvalue weighted by Gasteiger charge is 2.39. The number of methoxy groups -OCH3 is 1. The van der Waals surface area contributed by atoms with Gasteiger partial charge in [-0.25, -0.2) is 4.90 Å². The Morgan fingerprint density at radius 2 is 1.70 bits per heavy atom. The number of hydrogen-bond donors (Lipinski definition) is 1. The van der Waals surface area contributed by atoms with Crippen LogP contribution in [0.4, 0.5) is 24.5 Å². The molecule has 1 aliphatic rings. The van der Waals surface area contributed by atoms with Crippen LogP contribution < -0.4 is 15.0 Å². The lowest BCUT2D eigenvalue weighted by Crippen LogP contribution is -2.32. The highest BCUT2D eigenvalue weighted by molar-refractivity contribution is 6.53. The molecule has 1 aliphatic heterocycles. The first kappa shape index (κ1) is 18.8. The molecule has 2 aromatic carbocycles. The fourth-order valence-corrected chi connectivity index (χ4v) is 2.71. The summed E-state index contributed by atoms with van der Waals surface area (Å²) in [6, 6.07) is 10.3. The number of anilines is 2. The van der Waals surface area contributed by atoms with Gasteiger partial charge in [0.05, 0.1) is 18.4 Å². The van der Waals surface area contributed by atoms with Crippen LogP contribution in [0.5, 0.6) is 5.75 Å². The monoisotopic (exact) mass is 396 g/mol. The van der Waals surface area contributed by atoms with Crippen molar-refractivity contribution in [2.75, 3.05) is 17.3 Å². The van der Waals surface area contributed by atoms with Crippen LogP contribution >= 0.6 is 11.6 Å². The van der Waals surface area contributed by atoms with Gasteiger partial charge in [0.1, 0.15) is 16.5 Å². The Hall–Kier alpha value is -3.00. The van der Waals surface area contributed by atoms with Crippen LogP contribution in [-0.2, 0) is 15.8 Å². The lowest BCUT2D eigenvalue weighted by molar-refractivity contribution is -0.137. The number of alkyl halides is 3. The van der Waals surface area contributed by atoms with Crippen molar-refractivity contribution in [2.24, 2.45) is 0 Å². The predicted octanol–water partition coefficient (Wildman–Crippen LogP) is 4.15. The van der Waals surface area contributed by atoms with Crippen LogP contribution in [0.15, 0.2) is 59.3 Å². The van der Waals surface area contributed by atoms with Gasteiger partial charge in [-0.15, -0.1) is 0 Å². The Balaban J connectivity index is 1.88. The molecule has 0 saturated carbocycles. The number of nitrogens with zero attached hydrogens (tertiary/aromatic N) is 1. The fourth-order valence-electron chi connectivity index (χ4n) is 2.49. The molecule has 0 atom stereocenters. The number of ether oxygens (including phenoxy) is 1. The summed E-state index contributed by atoms with van der Waals surface area (Å²) in [5.74, 6) is -1.02. The first-order valence-corrected chi connectivity index (χ1v) is 7.97. The molecule has 1 heterocycles. The van der Waals surface area contributed by atoms with Crippen LogP contribution in [0.1, 0.15) is 5.56 Å². The normalized spacial score (nSPS) is 14.8. The highest BCUT2D eigenvalue weighted by atomic mass is 35.5. The maximum atomic E-state index is 12.8. The molecule has 0 aromatic heterocycles. The van der Waals surface area contributed by atoms with E-state index < -0.39 is 28.6 Å². The van der Waals surface area contributed by atoms with E-state index in [2.05, 4.69) is 5.32 Å². The minimum atomic E-state index is -4.54. The van der Waals surface area contributed by atoms with Crippen LogP contribution in [0.3, 0.4) is 0 Å². The molecular weight excluding hydrogens is 385 g/mol. The summed E-state index contributed by atoms with van der Waals surface area (Å²) in [5.41, 5.74) is -0.953. The fraction of sp³-hybridized carbons (Fsp3) is 0.111. The van der Waals surface area contributed by atoms with E-state index in [1.54, 1.807) is 12.1 Å². The Morgan fingerprint density at radius 3 is 2.30 bits per heavy atom. The van der Waals surface area contributed by atoms with Gasteiger partial charge in [0, 0.05) is 5.69 Å². The van der Waals surface area contributed by atoms with E-state index in [1.807, 2.05) is 0 Å². The van der Waals surface area contributed by atoms with Crippen molar-refractivity contribution in [3.63, 3.8) is 0 Å². The average Bonchev–Trinajstić information content (AvgIpc) is 2.85. The summed E-state index contributed by atoms with van der Waals surface area (Å²) in [6.07, 6.45) is -4.54. The molecular formula is C18H12ClF3N2O3. The second kappa shape index (κ2) is 6.96. The van der Waals surface area contributed by atoms with Crippen molar-refractivity contribution in [2.45, 2.75) is 6.18 Å². The number of benzene rings is 2. The lowest BCUT2D eigenvalue weighted by Gasteiger charge is -2.15. The standard InChI is InChI=1S/C18H12ClF3N2O3/c1-27-13-7-5-12(6-8-13)24-16(25)14(19)15(17(24)26)23-11-4-2-3-10(9-11)18(20,21)22/h2-9,23H,1H3. The van der Waals surface area contributed by atoms with Gasteiger partial charge in [-0.2, -0.15) is 13.2 Å². The number of hydrogen-bond acceptors (Lipinski definition) is 4. The van der Waals surface area contributed by atoms with Crippen LogP contribution in [-0.4, -0.2) is 18.9 Å².